The molecule has 0 aliphatic rings. The standard InChI is InChI=1S/C12H24O3/c1-3-5-6-7-9-11(13)10(8-4-2)12(14)15/h10-11,13H,3-9H2,1-2H3,(H,14,15). The molecule has 2 unspecified atom stereocenters. The van der Waals surface area contributed by atoms with Crippen molar-refractivity contribution in [3.63, 3.8) is 0 Å². The fraction of sp³-hybridized carbons (Fsp3) is 0.917. The predicted octanol–water partition coefficient (Wildman–Crippen LogP) is 2.82. The van der Waals surface area contributed by atoms with Crippen molar-refractivity contribution in [2.45, 2.75) is 64.9 Å². The molecule has 3 heteroatoms. The number of hydrogen-bond acceptors (Lipinski definition) is 2. The molecule has 0 saturated carbocycles. The lowest BCUT2D eigenvalue weighted by Crippen LogP contribution is -2.28. The second-order valence-electron chi connectivity index (χ2n) is 4.15. The van der Waals surface area contributed by atoms with Crippen LogP contribution in [0.5, 0.6) is 0 Å². The molecule has 0 aliphatic carbocycles. The van der Waals surface area contributed by atoms with Crippen LogP contribution in [0.15, 0.2) is 0 Å². The van der Waals surface area contributed by atoms with Crippen molar-refractivity contribution in [2.75, 3.05) is 0 Å². The summed E-state index contributed by atoms with van der Waals surface area (Å²) in [5, 5.41) is 18.6. The van der Waals surface area contributed by atoms with Crippen LogP contribution in [0.2, 0.25) is 0 Å². The van der Waals surface area contributed by atoms with Gasteiger partial charge in [-0.25, -0.2) is 0 Å². The minimum Gasteiger partial charge on any atom is -0.481 e. The Labute approximate surface area is 92.5 Å². The number of carboxylic acid groups (broad SMARTS) is 1. The smallest absolute Gasteiger partial charge is 0.309 e. The van der Waals surface area contributed by atoms with Crippen molar-refractivity contribution in [1.82, 2.24) is 0 Å². The molecule has 0 bridgehead atoms. The highest BCUT2D eigenvalue weighted by Crippen LogP contribution is 2.17. The molecular formula is C12H24O3. The van der Waals surface area contributed by atoms with Crippen molar-refractivity contribution < 1.29 is 15.0 Å². The van der Waals surface area contributed by atoms with E-state index in [1.165, 1.54) is 0 Å². The van der Waals surface area contributed by atoms with Gasteiger partial charge in [0.15, 0.2) is 0 Å². The maximum Gasteiger partial charge on any atom is 0.309 e. The summed E-state index contributed by atoms with van der Waals surface area (Å²) < 4.78 is 0. The molecule has 0 amide bonds. The molecule has 0 spiro atoms. The van der Waals surface area contributed by atoms with E-state index in [0.717, 1.165) is 32.1 Å². The summed E-state index contributed by atoms with van der Waals surface area (Å²) >= 11 is 0. The average Bonchev–Trinajstić information content (AvgIpc) is 2.20. The molecule has 0 aromatic rings. The first-order chi connectivity index (χ1) is 7.13. The van der Waals surface area contributed by atoms with E-state index in [-0.39, 0.29) is 0 Å². The van der Waals surface area contributed by atoms with Gasteiger partial charge in [-0.15, -0.1) is 0 Å². The molecule has 0 fully saturated rings. The largest absolute Gasteiger partial charge is 0.481 e. The van der Waals surface area contributed by atoms with Crippen molar-refractivity contribution in [1.29, 1.82) is 0 Å². The third-order valence-corrected chi connectivity index (χ3v) is 2.73. The van der Waals surface area contributed by atoms with Crippen molar-refractivity contribution >= 4 is 5.97 Å². The van der Waals surface area contributed by atoms with Gasteiger partial charge in [0.25, 0.3) is 0 Å². The van der Waals surface area contributed by atoms with Gasteiger partial charge in [0.2, 0.25) is 0 Å². The Kier molecular flexibility index (Phi) is 8.38. The first-order valence-electron chi connectivity index (χ1n) is 6.04. The quantitative estimate of drug-likeness (QED) is 0.583. The van der Waals surface area contributed by atoms with Gasteiger partial charge in [-0.2, -0.15) is 0 Å². The van der Waals surface area contributed by atoms with Gasteiger partial charge in [-0.3, -0.25) is 4.79 Å². The monoisotopic (exact) mass is 216 g/mol. The van der Waals surface area contributed by atoms with E-state index in [1.54, 1.807) is 0 Å². The lowest BCUT2D eigenvalue weighted by atomic mass is 9.93. The summed E-state index contributed by atoms with van der Waals surface area (Å²) in [4.78, 5) is 10.9. The van der Waals surface area contributed by atoms with E-state index >= 15 is 0 Å². The summed E-state index contributed by atoms with van der Waals surface area (Å²) in [6.07, 6.45) is 5.68. The third kappa shape index (κ3) is 6.50. The number of aliphatic hydroxyl groups excluding tert-OH is 1. The van der Waals surface area contributed by atoms with Gasteiger partial charge < -0.3 is 10.2 Å². The number of carboxylic acids is 1. The number of unbranched alkanes of at least 4 members (excludes halogenated alkanes) is 3. The molecule has 2 N–H and O–H groups in total. The highest BCUT2D eigenvalue weighted by molar-refractivity contribution is 5.70. The van der Waals surface area contributed by atoms with Crippen LogP contribution in [0, 0.1) is 5.92 Å². The summed E-state index contributed by atoms with van der Waals surface area (Å²) in [6, 6.07) is 0. The molecule has 0 aromatic carbocycles. The van der Waals surface area contributed by atoms with Crippen LogP contribution in [0.25, 0.3) is 0 Å². The van der Waals surface area contributed by atoms with E-state index in [4.69, 9.17) is 5.11 Å². The lowest BCUT2D eigenvalue weighted by Gasteiger charge is -2.18. The number of rotatable bonds is 9. The fourth-order valence-electron chi connectivity index (χ4n) is 1.77. The maximum atomic E-state index is 10.9. The molecule has 0 radical (unpaired) electrons. The van der Waals surface area contributed by atoms with Crippen LogP contribution >= 0.6 is 0 Å². The van der Waals surface area contributed by atoms with Gasteiger partial charge in [0.05, 0.1) is 12.0 Å². The zero-order chi connectivity index (χ0) is 11.7. The van der Waals surface area contributed by atoms with E-state index < -0.39 is 18.0 Å². The minimum atomic E-state index is -0.861. The molecule has 0 heterocycles. The number of carbonyl (C=O) groups is 1. The van der Waals surface area contributed by atoms with Crippen molar-refractivity contribution in [3.8, 4) is 0 Å². The maximum absolute atomic E-state index is 10.9. The summed E-state index contributed by atoms with van der Waals surface area (Å²) in [6.45, 7) is 4.08. The Balaban J connectivity index is 3.81. The highest BCUT2D eigenvalue weighted by Gasteiger charge is 2.24. The summed E-state index contributed by atoms with van der Waals surface area (Å²) in [5.74, 6) is -1.43. The number of aliphatic hydroxyl groups is 1. The Morgan fingerprint density at radius 2 is 1.73 bits per heavy atom. The van der Waals surface area contributed by atoms with Gasteiger partial charge in [-0.1, -0.05) is 46.0 Å². The molecule has 2 atom stereocenters. The van der Waals surface area contributed by atoms with Crippen LogP contribution in [0.3, 0.4) is 0 Å². The molecule has 0 rings (SSSR count). The molecule has 0 saturated heterocycles. The van der Waals surface area contributed by atoms with Crippen LogP contribution < -0.4 is 0 Å². The van der Waals surface area contributed by atoms with Gasteiger partial charge in [0, 0.05) is 0 Å². The number of hydrogen-bond donors (Lipinski definition) is 2. The Bertz CT molecular complexity index is 168. The third-order valence-electron chi connectivity index (χ3n) is 2.73. The Morgan fingerprint density at radius 1 is 1.07 bits per heavy atom. The van der Waals surface area contributed by atoms with Crippen molar-refractivity contribution in [3.05, 3.63) is 0 Å². The van der Waals surface area contributed by atoms with Gasteiger partial charge in [-0.05, 0) is 12.8 Å². The van der Waals surface area contributed by atoms with Gasteiger partial charge >= 0.3 is 5.97 Å². The first-order valence-corrected chi connectivity index (χ1v) is 6.04. The topological polar surface area (TPSA) is 57.5 Å². The molecule has 0 aliphatic heterocycles. The van der Waals surface area contributed by atoms with E-state index in [2.05, 4.69) is 6.92 Å². The van der Waals surface area contributed by atoms with Crippen LogP contribution in [0.4, 0.5) is 0 Å². The molecule has 15 heavy (non-hydrogen) atoms. The fourth-order valence-corrected chi connectivity index (χ4v) is 1.77. The zero-order valence-electron chi connectivity index (χ0n) is 9.91. The molecular weight excluding hydrogens is 192 g/mol. The Hall–Kier alpha value is -0.570. The second-order valence-corrected chi connectivity index (χ2v) is 4.15. The predicted molar refractivity (Wildman–Crippen MR) is 60.8 cm³/mol. The summed E-state index contributed by atoms with van der Waals surface area (Å²) in [7, 11) is 0. The van der Waals surface area contributed by atoms with E-state index in [9.17, 15) is 9.90 Å². The van der Waals surface area contributed by atoms with E-state index in [1.807, 2.05) is 6.92 Å². The lowest BCUT2D eigenvalue weighted by molar-refractivity contribution is -0.146. The molecule has 0 aromatic heterocycles. The van der Waals surface area contributed by atoms with Crippen molar-refractivity contribution in [2.24, 2.45) is 5.92 Å². The van der Waals surface area contributed by atoms with Gasteiger partial charge in [0.1, 0.15) is 0 Å². The SMILES string of the molecule is CCCCCCC(O)C(CCC)C(=O)O. The summed E-state index contributed by atoms with van der Waals surface area (Å²) in [5.41, 5.74) is 0. The molecule has 90 valence electrons. The minimum absolute atomic E-state index is 0.573. The molecule has 3 nitrogen and oxygen atoms in total. The second kappa shape index (κ2) is 8.72. The average molecular weight is 216 g/mol. The number of aliphatic carboxylic acids is 1. The van der Waals surface area contributed by atoms with E-state index in [0.29, 0.717) is 12.8 Å². The normalized spacial score (nSPS) is 14.9. The highest BCUT2D eigenvalue weighted by atomic mass is 16.4. The van der Waals surface area contributed by atoms with Crippen LogP contribution in [-0.2, 0) is 4.79 Å². The Morgan fingerprint density at radius 3 is 2.20 bits per heavy atom. The van der Waals surface area contributed by atoms with Crippen LogP contribution in [-0.4, -0.2) is 22.3 Å². The first kappa shape index (κ1) is 14.4. The zero-order valence-corrected chi connectivity index (χ0v) is 9.91. The van der Waals surface area contributed by atoms with Crippen LogP contribution in [0.1, 0.15) is 58.8 Å².